The van der Waals surface area contributed by atoms with Gasteiger partial charge in [-0.25, -0.2) is 9.78 Å². The number of aromatic amines is 1. The van der Waals surface area contributed by atoms with Crippen molar-refractivity contribution in [3.8, 4) is 0 Å². The summed E-state index contributed by atoms with van der Waals surface area (Å²) in [7, 11) is 2.94. The number of likely N-dealkylation sites (tertiary alicyclic amines) is 1. The van der Waals surface area contributed by atoms with E-state index in [1.165, 1.54) is 30.4 Å². The second kappa shape index (κ2) is 7.29. The number of aromatic nitrogens is 4. The number of fused-ring (bicyclic) bond motifs is 2. The molecule has 1 fully saturated rings. The van der Waals surface area contributed by atoms with Crippen LogP contribution in [0, 0.1) is 0 Å². The summed E-state index contributed by atoms with van der Waals surface area (Å²) in [6, 6.07) is 1.25. The van der Waals surface area contributed by atoms with E-state index in [2.05, 4.69) is 21.8 Å². The fourth-order valence-electron chi connectivity index (χ4n) is 4.85. The molecule has 1 amide bonds. The molecule has 0 aromatic carbocycles. The summed E-state index contributed by atoms with van der Waals surface area (Å²) in [4.78, 5) is 49.5. The van der Waals surface area contributed by atoms with Crippen LogP contribution in [0.3, 0.4) is 0 Å². The second-order valence-corrected chi connectivity index (χ2v) is 8.06. The van der Waals surface area contributed by atoms with E-state index in [4.69, 9.17) is 0 Å². The highest BCUT2D eigenvalue weighted by molar-refractivity contribution is 5.92. The van der Waals surface area contributed by atoms with Gasteiger partial charge in [0.05, 0.1) is 17.6 Å². The number of carbonyl (C=O) groups is 1. The molecule has 29 heavy (non-hydrogen) atoms. The van der Waals surface area contributed by atoms with Crippen molar-refractivity contribution in [2.24, 2.45) is 14.1 Å². The van der Waals surface area contributed by atoms with E-state index in [0.29, 0.717) is 13.1 Å². The maximum absolute atomic E-state index is 13.1. The molecule has 1 saturated heterocycles. The molecule has 1 N–H and O–H groups in total. The largest absolute Gasteiger partial charge is 0.348 e. The van der Waals surface area contributed by atoms with E-state index in [-0.39, 0.29) is 17.1 Å². The third-order valence-electron chi connectivity index (χ3n) is 6.51. The molecule has 0 unspecified atom stereocenters. The lowest BCUT2D eigenvalue weighted by Gasteiger charge is -2.50. The predicted molar refractivity (Wildman–Crippen MR) is 108 cm³/mol. The summed E-state index contributed by atoms with van der Waals surface area (Å²) in [6.07, 6.45) is 5.38. The van der Waals surface area contributed by atoms with Crippen LogP contribution < -0.4 is 11.2 Å². The van der Waals surface area contributed by atoms with Crippen molar-refractivity contribution in [1.82, 2.24) is 28.9 Å². The summed E-state index contributed by atoms with van der Waals surface area (Å²) < 4.78 is 2.26. The summed E-state index contributed by atoms with van der Waals surface area (Å²) in [5.41, 5.74) is 1.35. The van der Waals surface area contributed by atoms with Crippen LogP contribution in [0.2, 0.25) is 0 Å². The minimum atomic E-state index is -0.489. The van der Waals surface area contributed by atoms with Crippen LogP contribution in [0.15, 0.2) is 22.0 Å². The number of rotatable bonds is 3. The number of H-pyrrole nitrogens is 1. The molecule has 2 aliphatic rings. The fraction of sp³-hybridized carbons (Fsp3) is 0.600. The van der Waals surface area contributed by atoms with Gasteiger partial charge in [0.25, 0.3) is 11.5 Å². The third-order valence-corrected chi connectivity index (χ3v) is 6.51. The van der Waals surface area contributed by atoms with Crippen LogP contribution in [-0.2, 0) is 26.1 Å². The molecule has 0 radical (unpaired) electrons. The fourth-order valence-corrected chi connectivity index (χ4v) is 4.85. The Hall–Kier alpha value is -2.68. The van der Waals surface area contributed by atoms with Gasteiger partial charge >= 0.3 is 5.69 Å². The lowest BCUT2D eigenvalue weighted by Crippen LogP contribution is -2.57. The number of hydrogen-bond acceptors (Lipinski definition) is 5. The lowest BCUT2D eigenvalue weighted by atomic mass is 9.78. The first kappa shape index (κ1) is 19.6. The molecule has 0 aliphatic carbocycles. The molecule has 1 spiro atoms. The minimum Gasteiger partial charge on any atom is -0.348 e. The number of imidazole rings is 1. The van der Waals surface area contributed by atoms with E-state index in [0.717, 1.165) is 49.0 Å². The van der Waals surface area contributed by atoms with E-state index in [1.54, 1.807) is 11.2 Å². The van der Waals surface area contributed by atoms with E-state index < -0.39 is 11.2 Å². The molecule has 0 saturated carbocycles. The van der Waals surface area contributed by atoms with Gasteiger partial charge in [0.2, 0.25) is 0 Å². The molecule has 156 valence electrons. The minimum absolute atomic E-state index is 0.142. The Morgan fingerprint density at radius 2 is 1.90 bits per heavy atom. The second-order valence-electron chi connectivity index (χ2n) is 8.06. The number of hydrogen-bond donors (Lipinski definition) is 1. The average molecular weight is 400 g/mol. The van der Waals surface area contributed by atoms with Gasteiger partial charge in [-0.3, -0.25) is 23.6 Å². The number of nitrogens with one attached hydrogen (secondary N) is 1. The van der Waals surface area contributed by atoms with Crippen LogP contribution in [0.25, 0.3) is 0 Å². The smallest absolute Gasteiger partial charge is 0.331 e. The molecule has 2 aromatic rings. The van der Waals surface area contributed by atoms with Gasteiger partial charge in [-0.15, -0.1) is 0 Å². The van der Waals surface area contributed by atoms with Gasteiger partial charge in [0, 0.05) is 51.9 Å². The maximum atomic E-state index is 13.1. The molecule has 4 rings (SSSR count). The quantitative estimate of drug-likeness (QED) is 0.794. The summed E-state index contributed by atoms with van der Waals surface area (Å²) in [5.74, 6) is -0.266. The standard InChI is InChI=1S/C20H28N6O3/c1-4-8-26-9-5-14-17(22-13-21-14)20(26)6-10-25(11-7-20)18(28)15-12-16(27)24(3)19(29)23(15)2/h12-13H,4-11H2,1-3H3,(H,21,22). The van der Waals surface area contributed by atoms with Crippen LogP contribution in [0.1, 0.15) is 48.1 Å². The highest BCUT2D eigenvalue weighted by Crippen LogP contribution is 2.42. The van der Waals surface area contributed by atoms with Crippen molar-refractivity contribution in [2.75, 3.05) is 26.2 Å². The number of nitrogens with zero attached hydrogens (tertiary/aromatic N) is 5. The molecule has 9 heteroatoms. The van der Waals surface area contributed by atoms with E-state index >= 15 is 0 Å². The predicted octanol–water partition coefficient (Wildman–Crippen LogP) is 0.207. The molecule has 9 nitrogen and oxygen atoms in total. The lowest BCUT2D eigenvalue weighted by molar-refractivity contribution is 0.00672. The van der Waals surface area contributed by atoms with Crippen LogP contribution >= 0.6 is 0 Å². The van der Waals surface area contributed by atoms with Crippen LogP contribution in [0.4, 0.5) is 0 Å². The Labute approximate surface area is 169 Å². The molecular formula is C20H28N6O3. The van der Waals surface area contributed by atoms with Crippen molar-refractivity contribution in [1.29, 1.82) is 0 Å². The molecule has 0 bridgehead atoms. The zero-order valence-corrected chi connectivity index (χ0v) is 17.3. The Kier molecular flexibility index (Phi) is 4.94. The molecule has 4 heterocycles. The Balaban J connectivity index is 1.60. The number of carbonyl (C=O) groups excluding carboxylic acids is 1. The third kappa shape index (κ3) is 3.04. The molecular weight excluding hydrogens is 372 g/mol. The zero-order valence-electron chi connectivity index (χ0n) is 17.3. The topological polar surface area (TPSA) is 96.2 Å². The number of piperidine rings is 1. The summed E-state index contributed by atoms with van der Waals surface area (Å²) in [5, 5.41) is 0. The van der Waals surface area contributed by atoms with Gasteiger partial charge < -0.3 is 9.88 Å². The van der Waals surface area contributed by atoms with E-state index in [1.807, 2.05) is 0 Å². The summed E-state index contributed by atoms with van der Waals surface area (Å²) in [6.45, 7) is 5.30. The first-order valence-corrected chi connectivity index (χ1v) is 10.2. The average Bonchev–Trinajstić information content (AvgIpc) is 3.21. The van der Waals surface area contributed by atoms with Gasteiger partial charge in [0.15, 0.2) is 0 Å². The first-order valence-electron chi connectivity index (χ1n) is 10.2. The van der Waals surface area contributed by atoms with E-state index in [9.17, 15) is 14.4 Å². The highest BCUT2D eigenvalue weighted by atomic mass is 16.2. The maximum Gasteiger partial charge on any atom is 0.331 e. The monoisotopic (exact) mass is 400 g/mol. The van der Waals surface area contributed by atoms with Crippen molar-refractivity contribution >= 4 is 5.91 Å². The normalized spacial score (nSPS) is 18.8. The highest BCUT2D eigenvalue weighted by Gasteiger charge is 2.47. The molecule has 0 atom stereocenters. The molecule has 2 aromatic heterocycles. The van der Waals surface area contributed by atoms with Gasteiger partial charge in [-0.1, -0.05) is 6.92 Å². The van der Waals surface area contributed by atoms with Gasteiger partial charge in [0.1, 0.15) is 5.69 Å². The Morgan fingerprint density at radius 1 is 1.17 bits per heavy atom. The van der Waals surface area contributed by atoms with Gasteiger partial charge in [-0.05, 0) is 25.8 Å². The van der Waals surface area contributed by atoms with Crippen molar-refractivity contribution in [3.63, 3.8) is 0 Å². The van der Waals surface area contributed by atoms with Gasteiger partial charge in [-0.2, -0.15) is 0 Å². The van der Waals surface area contributed by atoms with Crippen molar-refractivity contribution in [3.05, 3.63) is 50.3 Å². The Bertz CT molecular complexity index is 1040. The van der Waals surface area contributed by atoms with Crippen LogP contribution in [-0.4, -0.2) is 61.0 Å². The SMILES string of the molecule is CCCN1CCc2[nH]cnc2C12CCN(C(=O)c1cc(=O)n(C)c(=O)n1C)CC2. The summed E-state index contributed by atoms with van der Waals surface area (Å²) >= 11 is 0. The van der Waals surface area contributed by atoms with Crippen molar-refractivity contribution in [2.45, 2.75) is 38.1 Å². The van der Waals surface area contributed by atoms with Crippen LogP contribution in [0.5, 0.6) is 0 Å². The zero-order chi connectivity index (χ0) is 20.8. The number of amides is 1. The Morgan fingerprint density at radius 3 is 2.59 bits per heavy atom. The molecule has 2 aliphatic heterocycles. The first-order chi connectivity index (χ1) is 13.9. The van der Waals surface area contributed by atoms with Crippen molar-refractivity contribution < 1.29 is 4.79 Å².